The second-order valence-corrected chi connectivity index (χ2v) is 11.9. The topological polar surface area (TPSA) is 46.5 Å². The summed E-state index contributed by atoms with van der Waals surface area (Å²) < 4.78 is 6.45. The predicted molar refractivity (Wildman–Crippen MR) is 153 cm³/mol. The molecule has 0 saturated heterocycles. The number of ketones is 1. The van der Waals surface area contributed by atoms with Crippen molar-refractivity contribution in [1.29, 1.82) is 0 Å². The number of fused-ring (bicyclic) bond motifs is 1. The monoisotopic (exact) mass is 500 g/mol. The lowest BCUT2D eigenvalue weighted by molar-refractivity contribution is -0.130. The molecule has 1 heterocycles. The van der Waals surface area contributed by atoms with Crippen LogP contribution in [0.1, 0.15) is 152 Å². The van der Waals surface area contributed by atoms with E-state index in [1.807, 2.05) is 0 Å². The zero-order chi connectivity index (χ0) is 26.4. The van der Waals surface area contributed by atoms with Gasteiger partial charge in [0.1, 0.15) is 17.5 Å². The first kappa shape index (κ1) is 30.9. The van der Waals surface area contributed by atoms with Gasteiger partial charge in [-0.25, -0.2) is 0 Å². The van der Waals surface area contributed by atoms with E-state index in [0.29, 0.717) is 12.8 Å². The van der Waals surface area contributed by atoms with Crippen LogP contribution in [0.15, 0.2) is 6.07 Å². The van der Waals surface area contributed by atoms with Crippen LogP contribution >= 0.6 is 0 Å². The summed E-state index contributed by atoms with van der Waals surface area (Å²) in [6, 6.07) is 2.23. The van der Waals surface area contributed by atoms with E-state index in [4.69, 9.17) is 4.74 Å². The number of Topliss-reactive ketones (excluding diaryl/α,β-unsaturated/α-hetero) is 1. The van der Waals surface area contributed by atoms with Crippen LogP contribution in [0.5, 0.6) is 5.75 Å². The first-order valence-corrected chi connectivity index (χ1v) is 15.3. The average Bonchev–Trinajstić information content (AvgIpc) is 2.84. The summed E-state index contributed by atoms with van der Waals surface area (Å²) in [5.41, 5.74) is 4.50. The zero-order valence-corrected chi connectivity index (χ0v) is 24.4. The van der Waals surface area contributed by atoms with Gasteiger partial charge in [-0.2, -0.15) is 0 Å². The Morgan fingerprint density at radius 3 is 1.89 bits per heavy atom. The maximum Gasteiger partial charge on any atom is 0.161 e. The Morgan fingerprint density at radius 1 is 0.861 bits per heavy atom. The van der Waals surface area contributed by atoms with Gasteiger partial charge in [0, 0.05) is 12.8 Å². The first-order valence-electron chi connectivity index (χ1n) is 15.3. The Morgan fingerprint density at radius 2 is 1.36 bits per heavy atom. The number of carbonyl (C=O) groups excluding carboxylic acids is 1. The summed E-state index contributed by atoms with van der Waals surface area (Å²) in [4.78, 5) is 12.6. The lowest BCUT2D eigenvalue weighted by Crippen LogP contribution is -2.42. The number of aliphatic hydroxyl groups excluding tert-OH is 1. The summed E-state index contributed by atoms with van der Waals surface area (Å²) in [6.07, 6.45) is 21.5. The van der Waals surface area contributed by atoms with Crippen molar-refractivity contribution >= 4 is 5.78 Å². The van der Waals surface area contributed by atoms with Gasteiger partial charge in [-0.3, -0.25) is 4.79 Å². The highest BCUT2D eigenvalue weighted by atomic mass is 16.5. The molecule has 0 amide bonds. The molecule has 36 heavy (non-hydrogen) atoms. The van der Waals surface area contributed by atoms with Crippen molar-refractivity contribution in [2.75, 3.05) is 0 Å². The highest BCUT2D eigenvalue weighted by molar-refractivity contribution is 5.82. The van der Waals surface area contributed by atoms with Crippen molar-refractivity contribution in [2.24, 2.45) is 0 Å². The van der Waals surface area contributed by atoms with Gasteiger partial charge >= 0.3 is 0 Å². The van der Waals surface area contributed by atoms with Gasteiger partial charge in [-0.05, 0) is 69.2 Å². The third-order valence-corrected chi connectivity index (χ3v) is 8.39. The fourth-order valence-corrected chi connectivity index (χ4v) is 5.74. The van der Waals surface area contributed by atoms with Gasteiger partial charge in [0.05, 0.1) is 0 Å². The number of benzene rings is 1. The van der Waals surface area contributed by atoms with E-state index in [9.17, 15) is 9.90 Å². The molecular formula is C33H56O3. The molecule has 1 aliphatic rings. The predicted octanol–water partition coefficient (Wildman–Crippen LogP) is 9.28. The minimum atomic E-state index is -0.922. The van der Waals surface area contributed by atoms with Crippen LogP contribution in [0.3, 0.4) is 0 Å². The number of ether oxygens (including phenoxy) is 1. The van der Waals surface area contributed by atoms with Gasteiger partial charge in [-0.15, -0.1) is 0 Å². The number of aryl methyl sites for hydroxylation is 2. The van der Waals surface area contributed by atoms with E-state index < -0.39 is 11.7 Å². The van der Waals surface area contributed by atoms with Crippen molar-refractivity contribution in [3.63, 3.8) is 0 Å². The van der Waals surface area contributed by atoms with Crippen LogP contribution in [0.25, 0.3) is 0 Å². The molecule has 2 unspecified atom stereocenters. The van der Waals surface area contributed by atoms with E-state index >= 15 is 0 Å². The average molecular weight is 501 g/mol. The van der Waals surface area contributed by atoms with E-state index in [-0.39, 0.29) is 5.78 Å². The second kappa shape index (κ2) is 16.5. The van der Waals surface area contributed by atoms with Crippen LogP contribution in [0, 0.1) is 20.8 Å². The molecule has 206 valence electrons. The van der Waals surface area contributed by atoms with E-state index in [0.717, 1.165) is 31.4 Å². The van der Waals surface area contributed by atoms with E-state index in [2.05, 4.69) is 40.7 Å². The number of rotatable bonds is 19. The third kappa shape index (κ3) is 10.6. The van der Waals surface area contributed by atoms with Crippen molar-refractivity contribution in [2.45, 2.75) is 168 Å². The number of hydrogen-bond donors (Lipinski definition) is 1. The standard InChI is InChI=1S/C33H56O3/c1-6-7-8-9-10-11-12-13-14-15-16-17-18-19-20-21-30(34)31(35)25-33(5)23-22-29-27(3)24-26(2)28(4)32(29)36-33/h24,31,35H,6-23,25H2,1-5H3. The fourth-order valence-electron chi connectivity index (χ4n) is 5.74. The Labute approximate surface area is 222 Å². The minimum Gasteiger partial charge on any atom is -0.487 e. The van der Waals surface area contributed by atoms with Gasteiger partial charge < -0.3 is 9.84 Å². The van der Waals surface area contributed by atoms with Crippen molar-refractivity contribution in [3.8, 4) is 5.75 Å². The molecule has 3 heteroatoms. The molecule has 1 aromatic carbocycles. The number of hydrogen-bond acceptors (Lipinski definition) is 3. The Bertz CT molecular complexity index is 784. The first-order chi connectivity index (χ1) is 17.3. The molecule has 1 aliphatic heterocycles. The van der Waals surface area contributed by atoms with Gasteiger partial charge in [-0.1, -0.05) is 103 Å². The number of unbranched alkanes of at least 4 members (excludes halogenated alkanes) is 14. The van der Waals surface area contributed by atoms with Gasteiger partial charge in [0.2, 0.25) is 0 Å². The van der Waals surface area contributed by atoms with Gasteiger partial charge in [0.25, 0.3) is 0 Å². The molecule has 0 saturated carbocycles. The Balaban J connectivity index is 1.53. The zero-order valence-electron chi connectivity index (χ0n) is 24.4. The van der Waals surface area contributed by atoms with E-state index in [1.54, 1.807) is 0 Å². The van der Waals surface area contributed by atoms with Crippen LogP contribution in [-0.2, 0) is 11.2 Å². The lowest BCUT2D eigenvalue weighted by Gasteiger charge is -2.38. The summed E-state index contributed by atoms with van der Waals surface area (Å²) in [7, 11) is 0. The molecule has 0 fully saturated rings. The molecule has 1 aromatic rings. The SMILES string of the molecule is CCCCCCCCCCCCCCCCCC(=O)C(O)CC1(C)CCc2c(C)cc(C)c(C)c2O1. The van der Waals surface area contributed by atoms with Gasteiger partial charge in [0.15, 0.2) is 5.78 Å². The molecular weight excluding hydrogens is 444 g/mol. The summed E-state index contributed by atoms with van der Waals surface area (Å²) in [6.45, 7) is 10.7. The maximum atomic E-state index is 12.6. The summed E-state index contributed by atoms with van der Waals surface area (Å²) >= 11 is 0. The highest BCUT2D eigenvalue weighted by Crippen LogP contribution is 2.40. The number of aliphatic hydroxyl groups is 1. The van der Waals surface area contributed by atoms with Crippen LogP contribution < -0.4 is 4.74 Å². The second-order valence-electron chi connectivity index (χ2n) is 11.9. The van der Waals surface area contributed by atoms with Crippen LogP contribution in [0.4, 0.5) is 0 Å². The minimum absolute atomic E-state index is 0.0162. The molecule has 0 spiro atoms. The summed E-state index contributed by atoms with van der Waals surface area (Å²) in [5.74, 6) is 0.959. The fraction of sp³-hybridized carbons (Fsp3) is 0.788. The molecule has 2 rings (SSSR count). The Kier molecular flexibility index (Phi) is 14.1. The van der Waals surface area contributed by atoms with Crippen molar-refractivity contribution < 1.29 is 14.6 Å². The third-order valence-electron chi connectivity index (χ3n) is 8.39. The highest BCUT2D eigenvalue weighted by Gasteiger charge is 2.36. The quantitative estimate of drug-likeness (QED) is 0.192. The molecule has 0 aromatic heterocycles. The smallest absolute Gasteiger partial charge is 0.161 e. The maximum absolute atomic E-state index is 12.6. The lowest BCUT2D eigenvalue weighted by atomic mass is 9.84. The van der Waals surface area contributed by atoms with Crippen LogP contribution in [0.2, 0.25) is 0 Å². The molecule has 3 nitrogen and oxygen atoms in total. The largest absolute Gasteiger partial charge is 0.487 e. The Hall–Kier alpha value is -1.35. The molecule has 0 aliphatic carbocycles. The molecule has 1 N–H and O–H groups in total. The molecule has 0 bridgehead atoms. The van der Waals surface area contributed by atoms with Crippen molar-refractivity contribution in [3.05, 3.63) is 28.3 Å². The van der Waals surface area contributed by atoms with E-state index in [1.165, 1.54) is 106 Å². The van der Waals surface area contributed by atoms with Crippen molar-refractivity contribution in [1.82, 2.24) is 0 Å². The van der Waals surface area contributed by atoms with Crippen LogP contribution in [-0.4, -0.2) is 22.6 Å². The normalized spacial score (nSPS) is 18.1. The molecule has 2 atom stereocenters. The summed E-state index contributed by atoms with van der Waals surface area (Å²) in [5, 5.41) is 10.6. The molecule has 0 radical (unpaired) electrons. The number of carbonyl (C=O) groups is 1.